The average Bonchev–Trinajstić information content (AvgIpc) is 2.27. The zero-order valence-electron chi connectivity index (χ0n) is 9.56. The third-order valence-corrected chi connectivity index (χ3v) is 2.42. The first-order valence-electron chi connectivity index (χ1n) is 4.81. The van der Waals surface area contributed by atoms with E-state index in [0.717, 1.165) is 12.1 Å². The minimum Gasteiger partial charge on any atom is -0.434 e. The van der Waals surface area contributed by atoms with E-state index in [0.29, 0.717) is 6.07 Å². The van der Waals surface area contributed by atoms with Crippen LogP contribution >= 0.6 is 0 Å². The molecule has 0 amide bonds. The highest BCUT2D eigenvalue weighted by Gasteiger charge is 2.31. The van der Waals surface area contributed by atoms with Crippen LogP contribution in [-0.4, -0.2) is 21.5 Å². The van der Waals surface area contributed by atoms with Crippen molar-refractivity contribution in [2.24, 2.45) is 0 Å². The van der Waals surface area contributed by atoms with E-state index in [1.165, 1.54) is 6.92 Å². The fourth-order valence-corrected chi connectivity index (χ4v) is 1.35. The van der Waals surface area contributed by atoms with Crippen molar-refractivity contribution in [1.29, 1.82) is 0 Å². The minimum absolute atomic E-state index is 0.281. The predicted molar refractivity (Wildman–Crippen MR) is 58.3 cm³/mol. The van der Waals surface area contributed by atoms with Gasteiger partial charge in [-0.3, -0.25) is 4.55 Å². The Morgan fingerprint density at radius 1 is 1.42 bits per heavy atom. The van der Waals surface area contributed by atoms with Crippen molar-refractivity contribution in [3.63, 3.8) is 0 Å². The Bertz CT molecular complexity index is 500. The number of hydrogen-bond donors (Lipinski definition) is 1. The zero-order chi connectivity index (χ0) is 14.6. The van der Waals surface area contributed by atoms with Crippen molar-refractivity contribution in [1.82, 2.24) is 0 Å². The summed E-state index contributed by atoms with van der Waals surface area (Å²) in [5, 5.41) is 0. The van der Waals surface area contributed by atoms with Gasteiger partial charge in [0.1, 0.15) is 0 Å². The summed E-state index contributed by atoms with van der Waals surface area (Å²) in [6.07, 6.45) is -4.58. The molecule has 0 spiro atoms. The Kier molecular flexibility index (Phi) is 5.04. The van der Waals surface area contributed by atoms with Gasteiger partial charge in [-0.15, -0.1) is 0 Å². The number of hydrogen-bond acceptors (Lipinski definition) is 4. The molecule has 0 heterocycles. The number of aryl methyl sites for hydroxylation is 1. The molecule has 1 aromatic carbocycles. The summed E-state index contributed by atoms with van der Waals surface area (Å²) in [6, 6.07) is 2.61. The standard InChI is InChI=1S/C10H9F3O5S/c1-6-2-3-7(10(11,12)13)4-8(6)9(14)17-5-18-19(15)16/h2-4H,5H2,1H3,(H,15,16). The number of halogens is 3. The maximum atomic E-state index is 12.5. The number of carbonyl (C=O) groups is 1. The van der Waals surface area contributed by atoms with Crippen LogP contribution in [0.15, 0.2) is 18.2 Å². The van der Waals surface area contributed by atoms with Crippen molar-refractivity contribution < 1.29 is 35.6 Å². The smallest absolute Gasteiger partial charge is 0.416 e. The summed E-state index contributed by atoms with van der Waals surface area (Å²) in [6.45, 7) is 0.597. The molecule has 1 unspecified atom stereocenters. The summed E-state index contributed by atoms with van der Waals surface area (Å²) in [4.78, 5) is 11.5. The minimum atomic E-state index is -4.58. The molecule has 0 saturated carbocycles. The van der Waals surface area contributed by atoms with Crippen molar-refractivity contribution in [2.45, 2.75) is 13.1 Å². The lowest BCUT2D eigenvalue weighted by atomic mass is 10.0. The van der Waals surface area contributed by atoms with Crippen LogP contribution < -0.4 is 0 Å². The Morgan fingerprint density at radius 2 is 2.05 bits per heavy atom. The number of benzene rings is 1. The molecule has 9 heteroatoms. The molecule has 1 N–H and O–H groups in total. The first-order valence-corrected chi connectivity index (χ1v) is 5.84. The summed E-state index contributed by atoms with van der Waals surface area (Å²) in [5.74, 6) is -1.07. The number of rotatable bonds is 4. The molecule has 0 aliphatic carbocycles. The fraction of sp³-hybridized carbons (Fsp3) is 0.300. The molecule has 1 atom stereocenters. The molecule has 1 rings (SSSR count). The number of alkyl halides is 3. The number of esters is 1. The lowest BCUT2D eigenvalue weighted by Gasteiger charge is -2.10. The van der Waals surface area contributed by atoms with Crippen LogP contribution in [-0.2, 0) is 26.5 Å². The van der Waals surface area contributed by atoms with Gasteiger partial charge in [0.05, 0.1) is 11.1 Å². The van der Waals surface area contributed by atoms with Crippen LogP contribution in [0.3, 0.4) is 0 Å². The van der Waals surface area contributed by atoms with E-state index in [2.05, 4.69) is 8.92 Å². The van der Waals surface area contributed by atoms with Gasteiger partial charge in [-0.1, -0.05) is 6.07 Å². The Labute approximate surface area is 108 Å². The third-order valence-electron chi connectivity index (χ3n) is 2.12. The molecule has 0 aliphatic heterocycles. The molecule has 0 aliphatic rings. The van der Waals surface area contributed by atoms with Crippen molar-refractivity contribution >= 4 is 17.3 Å². The molecule has 0 aromatic heterocycles. The second kappa shape index (κ2) is 6.13. The zero-order valence-corrected chi connectivity index (χ0v) is 10.4. The van der Waals surface area contributed by atoms with Gasteiger partial charge in [-0.25, -0.2) is 8.98 Å². The molecule has 0 fully saturated rings. The van der Waals surface area contributed by atoms with E-state index >= 15 is 0 Å². The van der Waals surface area contributed by atoms with E-state index in [9.17, 15) is 22.2 Å². The maximum Gasteiger partial charge on any atom is 0.416 e. The van der Waals surface area contributed by atoms with E-state index in [1.807, 2.05) is 0 Å². The monoisotopic (exact) mass is 298 g/mol. The van der Waals surface area contributed by atoms with Crippen LogP contribution in [0.25, 0.3) is 0 Å². The van der Waals surface area contributed by atoms with Gasteiger partial charge in [-0.05, 0) is 24.6 Å². The molecular weight excluding hydrogens is 289 g/mol. The van der Waals surface area contributed by atoms with Crippen LogP contribution in [0.5, 0.6) is 0 Å². The summed E-state index contributed by atoms with van der Waals surface area (Å²) in [7, 11) is 0. The van der Waals surface area contributed by atoms with E-state index in [4.69, 9.17) is 4.55 Å². The number of ether oxygens (including phenoxy) is 1. The lowest BCUT2D eigenvalue weighted by molar-refractivity contribution is -0.137. The first-order chi connectivity index (χ1) is 8.71. The van der Waals surface area contributed by atoms with Crippen molar-refractivity contribution in [2.75, 3.05) is 6.79 Å². The molecule has 0 saturated heterocycles. The van der Waals surface area contributed by atoms with Crippen LogP contribution in [0.1, 0.15) is 21.5 Å². The number of carbonyl (C=O) groups excluding carboxylic acids is 1. The highest BCUT2D eigenvalue weighted by molar-refractivity contribution is 7.74. The van der Waals surface area contributed by atoms with Gasteiger partial charge < -0.3 is 4.74 Å². The fourth-order valence-electron chi connectivity index (χ4n) is 1.21. The van der Waals surface area contributed by atoms with E-state index < -0.39 is 35.9 Å². The summed E-state index contributed by atoms with van der Waals surface area (Å²) in [5.41, 5.74) is -0.998. The molecule has 106 valence electrons. The van der Waals surface area contributed by atoms with Crippen molar-refractivity contribution in [3.8, 4) is 0 Å². The average molecular weight is 298 g/mol. The highest BCUT2D eigenvalue weighted by atomic mass is 32.2. The van der Waals surface area contributed by atoms with Crippen LogP contribution in [0.4, 0.5) is 13.2 Å². The lowest BCUT2D eigenvalue weighted by Crippen LogP contribution is -2.13. The van der Waals surface area contributed by atoms with Gasteiger partial charge in [0.2, 0.25) is 6.79 Å². The normalized spacial score (nSPS) is 13.1. The Hall–Kier alpha value is -1.45. The summed E-state index contributed by atoms with van der Waals surface area (Å²) < 4.78 is 64.2. The second-order valence-corrected chi connectivity index (χ2v) is 4.08. The molecule has 1 aromatic rings. The van der Waals surface area contributed by atoms with Crippen molar-refractivity contribution in [3.05, 3.63) is 34.9 Å². The molecule has 19 heavy (non-hydrogen) atoms. The Morgan fingerprint density at radius 3 is 2.58 bits per heavy atom. The van der Waals surface area contributed by atoms with Gasteiger partial charge in [-0.2, -0.15) is 17.4 Å². The maximum absolute atomic E-state index is 12.5. The summed E-state index contributed by atoms with van der Waals surface area (Å²) >= 11 is -2.62. The van der Waals surface area contributed by atoms with Crippen LogP contribution in [0, 0.1) is 6.92 Å². The largest absolute Gasteiger partial charge is 0.434 e. The van der Waals surface area contributed by atoms with Gasteiger partial charge in [0, 0.05) is 0 Å². The van der Waals surface area contributed by atoms with Gasteiger partial charge in [0.25, 0.3) is 0 Å². The second-order valence-electron chi connectivity index (χ2n) is 3.41. The topological polar surface area (TPSA) is 72.8 Å². The third kappa shape index (κ3) is 4.62. The highest BCUT2D eigenvalue weighted by Crippen LogP contribution is 2.30. The Balaban J connectivity index is 2.87. The van der Waals surface area contributed by atoms with Gasteiger partial charge >= 0.3 is 23.5 Å². The molecular formula is C10H9F3O5S. The van der Waals surface area contributed by atoms with Gasteiger partial charge in [0.15, 0.2) is 0 Å². The quantitative estimate of drug-likeness (QED) is 0.524. The molecule has 0 bridgehead atoms. The first kappa shape index (κ1) is 15.6. The van der Waals surface area contributed by atoms with Crippen LogP contribution in [0.2, 0.25) is 0 Å². The van der Waals surface area contributed by atoms with E-state index in [1.54, 1.807) is 0 Å². The SMILES string of the molecule is Cc1ccc(C(F)(F)F)cc1C(=O)OCOS(=O)O. The van der Waals surface area contributed by atoms with E-state index in [-0.39, 0.29) is 11.1 Å². The predicted octanol–water partition coefficient (Wildman–Crippen LogP) is 2.28. The molecule has 5 nitrogen and oxygen atoms in total. The molecule has 0 radical (unpaired) electrons.